The normalized spacial score (nSPS) is 14.4. The third kappa shape index (κ3) is 2.35. The Labute approximate surface area is 53.5 Å². The van der Waals surface area contributed by atoms with Crippen LogP contribution in [0.4, 0.5) is 13.2 Å². The molecule has 0 aliphatic heterocycles. The molecule has 1 radical (unpaired) electrons. The van der Waals surface area contributed by atoms with Crippen LogP contribution in [0.15, 0.2) is 10.6 Å². The Morgan fingerprint density at radius 1 is 1.50 bits per heavy atom. The first-order valence-corrected chi connectivity index (χ1v) is 2.50. The van der Waals surface area contributed by atoms with E-state index in [1.54, 1.807) is 0 Å². The van der Waals surface area contributed by atoms with Gasteiger partial charge in [0.05, 0.1) is 4.48 Å². The van der Waals surface area contributed by atoms with Crippen LogP contribution < -0.4 is 0 Å². The Kier molecular flexibility index (Phi) is 2.53. The van der Waals surface area contributed by atoms with E-state index in [1.165, 1.54) is 0 Å². The molecule has 0 aromatic carbocycles. The van der Waals surface area contributed by atoms with Gasteiger partial charge >= 0.3 is 6.18 Å². The maximum Gasteiger partial charge on any atom is 0.422 e. The molecule has 47 valence electrons. The van der Waals surface area contributed by atoms with Gasteiger partial charge in [-0.2, -0.15) is 13.2 Å². The van der Waals surface area contributed by atoms with E-state index in [4.69, 9.17) is 0 Å². The van der Waals surface area contributed by atoms with E-state index in [2.05, 4.69) is 22.9 Å². The number of rotatable bonds is 0. The second-order valence-corrected chi connectivity index (χ2v) is 1.90. The summed E-state index contributed by atoms with van der Waals surface area (Å²) < 4.78 is 33.0. The minimum absolute atomic E-state index is 0.708. The summed E-state index contributed by atoms with van der Waals surface area (Å²) in [6, 6.07) is 0. The second-order valence-electron chi connectivity index (χ2n) is 1.05. The predicted octanol–water partition coefficient (Wildman–Crippen LogP) is 2.66. The van der Waals surface area contributed by atoms with Crippen molar-refractivity contribution in [3.05, 3.63) is 17.5 Å². The van der Waals surface area contributed by atoms with Crippen LogP contribution in [-0.2, 0) is 0 Å². The molecule has 0 saturated heterocycles. The molecule has 0 aliphatic rings. The zero-order valence-corrected chi connectivity index (χ0v) is 5.38. The lowest BCUT2D eigenvalue weighted by atomic mass is 10.5. The molecule has 0 atom stereocenters. The van der Waals surface area contributed by atoms with Crippen molar-refractivity contribution in [2.24, 2.45) is 0 Å². The molecule has 0 fully saturated rings. The van der Waals surface area contributed by atoms with E-state index in [0.717, 1.165) is 0 Å². The highest BCUT2D eigenvalue weighted by Crippen LogP contribution is 2.29. The average Bonchev–Trinajstić information content (AvgIpc) is 1.62. The summed E-state index contributed by atoms with van der Waals surface area (Å²) in [5, 5.41) is 0. The molecule has 0 N–H and O–H groups in total. The minimum atomic E-state index is -4.28. The molecule has 4 heteroatoms. The van der Waals surface area contributed by atoms with Gasteiger partial charge in [-0.3, -0.25) is 0 Å². The predicted molar refractivity (Wildman–Crippen MR) is 28.4 cm³/mol. The topological polar surface area (TPSA) is 0 Å². The first kappa shape index (κ1) is 8.01. The SMILES string of the molecule is [CH2]/C=C(\Br)C(F)(F)F. The molecule has 0 spiro atoms. The number of hydrogen-bond donors (Lipinski definition) is 0. The minimum Gasteiger partial charge on any atom is -0.166 e. The highest BCUT2D eigenvalue weighted by atomic mass is 79.9. The molecule has 0 rings (SSSR count). The maximum atomic E-state index is 11.3. The van der Waals surface area contributed by atoms with Crippen LogP contribution in [0.3, 0.4) is 0 Å². The lowest BCUT2D eigenvalue weighted by molar-refractivity contribution is -0.0828. The summed E-state index contributed by atoms with van der Waals surface area (Å²) in [7, 11) is 0. The first-order chi connectivity index (χ1) is 3.48. The molecule has 0 unspecified atom stereocenters. The van der Waals surface area contributed by atoms with Crippen molar-refractivity contribution in [1.82, 2.24) is 0 Å². The highest BCUT2D eigenvalue weighted by Gasteiger charge is 2.30. The van der Waals surface area contributed by atoms with E-state index >= 15 is 0 Å². The molecule has 0 bridgehead atoms. The van der Waals surface area contributed by atoms with Crippen molar-refractivity contribution in [1.29, 1.82) is 0 Å². The fourth-order valence-corrected chi connectivity index (χ4v) is 0.116. The lowest BCUT2D eigenvalue weighted by Crippen LogP contribution is -2.05. The summed E-state index contributed by atoms with van der Waals surface area (Å²) in [5.41, 5.74) is 0. The summed E-state index contributed by atoms with van der Waals surface area (Å²) in [6.07, 6.45) is -3.57. The van der Waals surface area contributed by atoms with Crippen molar-refractivity contribution >= 4 is 15.9 Å². The van der Waals surface area contributed by atoms with Gasteiger partial charge in [0, 0.05) is 0 Å². The molecule has 0 heterocycles. The number of hydrogen-bond acceptors (Lipinski definition) is 0. The summed E-state index contributed by atoms with van der Waals surface area (Å²) in [4.78, 5) is 0. The third-order valence-corrected chi connectivity index (χ3v) is 1.22. The Morgan fingerprint density at radius 3 is 1.88 bits per heavy atom. The summed E-state index contributed by atoms with van der Waals surface area (Å²) in [5.74, 6) is 0. The number of halogens is 4. The fraction of sp³-hybridized carbons (Fsp3) is 0.250. The van der Waals surface area contributed by atoms with Crippen molar-refractivity contribution < 1.29 is 13.2 Å². The first-order valence-electron chi connectivity index (χ1n) is 1.70. The molecule has 8 heavy (non-hydrogen) atoms. The van der Waals surface area contributed by atoms with Gasteiger partial charge in [-0.1, -0.05) is 6.08 Å². The van der Waals surface area contributed by atoms with Gasteiger partial charge in [0.15, 0.2) is 0 Å². The van der Waals surface area contributed by atoms with Crippen molar-refractivity contribution in [2.45, 2.75) is 6.18 Å². The number of alkyl halides is 3. The Hall–Kier alpha value is 0.01000. The van der Waals surface area contributed by atoms with Crippen LogP contribution in [0.1, 0.15) is 0 Å². The van der Waals surface area contributed by atoms with Gasteiger partial charge < -0.3 is 0 Å². The zero-order valence-electron chi connectivity index (χ0n) is 3.80. The quantitative estimate of drug-likeness (QED) is 0.548. The monoisotopic (exact) mass is 187 g/mol. The van der Waals surface area contributed by atoms with Gasteiger partial charge in [-0.25, -0.2) is 0 Å². The van der Waals surface area contributed by atoms with E-state index in [0.29, 0.717) is 6.08 Å². The van der Waals surface area contributed by atoms with Crippen molar-refractivity contribution in [3.8, 4) is 0 Å². The van der Waals surface area contributed by atoms with E-state index in [-0.39, 0.29) is 0 Å². The van der Waals surface area contributed by atoms with Gasteiger partial charge in [-0.05, 0) is 22.9 Å². The molecule has 0 amide bonds. The Balaban J connectivity index is 4.03. The highest BCUT2D eigenvalue weighted by molar-refractivity contribution is 9.11. The molecule has 0 aliphatic carbocycles. The van der Waals surface area contributed by atoms with Crippen LogP contribution in [0.25, 0.3) is 0 Å². The van der Waals surface area contributed by atoms with Crippen molar-refractivity contribution in [2.75, 3.05) is 0 Å². The molecular formula is C4H3BrF3. The van der Waals surface area contributed by atoms with Gasteiger partial charge in [0.1, 0.15) is 0 Å². The maximum absolute atomic E-state index is 11.3. The largest absolute Gasteiger partial charge is 0.422 e. The van der Waals surface area contributed by atoms with Crippen LogP contribution in [0.5, 0.6) is 0 Å². The van der Waals surface area contributed by atoms with Crippen molar-refractivity contribution in [3.63, 3.8) is 0 Å². The molecule has 0 nitrogen and oxygen atoms in total. The summed E-state index contributed by atoms with van der Waals surface area (Å²) >= 11 is 2.27. The van der Waals surface area contributed by atoms with Crippen LogP contribution in [0, 0.1) is 6.92 Å². The molecule has 0 saturated carbocycles. The molecular weight excluding hydrogens is 185 g/mol. The third-order valence-electron chi connectivity index (χ3n) is 0.450. The number of allylic oxidation sites excluding steroid dienone is 2. The van der Waals surface area contributed by atoms with Crippen LogP contribution in [-0.4, -0.2) is 6.18 Å². The Morgan fingerprint density at radius 2 is 1.88 bits per heavy atom. The van der Waals surface area contributed by atoms with Crippen LogP contribution >= 0.6 is 15.9 Å². The van der Waals surface area contributed by atoms with Gasteiger partial charge in [0.25, 0.3) is 0 Å². The lowest BCUT2D eigenvalue weighted by Gasteiger charge is -2.01. The van der Waals surface area contributed by atoms with Gasteiger partial charge in [-0.15, -0.1) is 0 Å². The van der Waals surface area contributed by atoms with Gasteiger partial charge in [0.2, 0.25) is 0 Å². The molecule has 0 aromatic rings. The van der Waals surface area contributed by atoms with E-state index < -0.39 is 10.7 Å². The fourth-order valence-electron chi connectivity index (χ4n) is 0.116. The van der Waals surface area contributed by atoms with E-state index in [1.807, 2.05) is 0 Å². The standard InChI is InChI=1S/C4H3BrF3/c1-2-3(5)4(6,7)8/h2H,1H2/b3-2-. The van der Waals surface area contributed by atoms with E-state index in [9.17, 15) is 13.2 Å². The summed E-state index contributed by atoms with van der Waals surface area (Å²) in [6.45, 7) is 2.92. The zero-order chi connectivity index (χ0) is 6.78. The molecule has 0 aromatic heterocycles. The smallest absolute Gasteiger partial charge is 0.166 e. The second kappa shape index (κ2) is 2.53. The average molecular weight is 188 g/mol. The Bertz CT molecular complexity index is 102. The van der Waals surface area contributed by atoms with Crippen LogP contribution in [0.2, 0.25) is 0 Å².